The normalized spacial score (nSPS) is 17.6. The summed E-state index contributed by atoms with van der Waals surface area (Å²) in [7, 11) is 1.53. The fourth-order valence-corrected chi connectivity index (χ4v) is 6.35. The molecule has 2 amide bonds. The van der Waals surface area contributed by atoms with Gasteiger partial charge >= 0.3 is 5.97 Å². The minimum atomic E-state index is -0.699. The van der Waals surface area contributed by atoms with E-state index in [1.807, 2.05) is 12.2 Å². The number of carbonyl (C=O) groups is 4. The van der Waals surface area contributed by atoms with E-state index in [4.69, 9.17) is 26.1 Å². The van der Waals surface area contributed by atoms with Gasteiger partial charge in [0.1, 0.15) is 5.75 Å². The molecule has 2 atom stereocenters. The molecule has 3 aromatic carbocycles. The lowest BCUT2D eigenvalue weighted by Crippen LogP contribution is -2.30. The van der Waals surface area contributed by atoms with Gasteiger partial charge in [-0.05, 0) is 89.8 Å². The molecular weight excluding hydrogens is 648 g/mol. The van der Waals surface area contributed by atoms with Crippen LogP contribution in [0.5, 0.6) is 5.75 Å². The third-order valence-electron chi connectivity index (χ3n) is 8.12. The van der Waals surface area contributed by atoms with Crippen molar-refractivity contribution in [3.63, 3.8) is 0 Å². The molecule has 2 unspecified atom stereocenters. The Labute approximate surface area is 266 Å². The Morgan fingerprint density at radius 2 is 1.61 bits per heavy atom. The standard InChI is InChI=1S/C34H26BrClN2O6/c1-18-30(36)27(35)15-25-26(34(42)44-17-29(39)20-9-13-22(43-2)14-10-20)16-28(37-31(18)25)19-7-11-21(12-8-19)38-32(40)23-5-3-4-6-24(23)33(38)41/h3-4,7-16,23-24H,5-6,17H2,1-2H3. The number of benzene rings is 3. The van der Waals surface area contributed by atoms with Gasteiger partial charge in [-0.1, -0.05) is 35.9 Å². The summed E-state index contributed by atoms with van der Waals surface area (Å²) in [6.07, 6.45) is 5.03. The number of rotatable bonds is 7. The lowest BCUT2D eigenvalue weighted by Gasteiger charge is -2.16. The average molecular weight is 674 g/mol. The summed E-state index contributed by atoms with van der Waals surface area (Å²) in [6, 6.07) is 16.7. The van der Waals surface area contributed by atoms with Gasteiger partial charge in [-0.3, -0.25) is 19.3 Å². The molecule has 1 saturated heterocycles. The summed E-state index contributed by atoms with van der Waals surface area (Å²) in [5.74, 6) is -1.49. The first kappa shape index (κ1) is 29.7. The van der Waals surface area contributed by atoms with Crippen molar-refractivity contribution in [2.24, 2.45) is 11.8 Å². The third kappa shape index (κ3) is 5.31. The number of esters is 1. The van der Waals surface area contributed by atoms with Gasteiger partial charge in [-0.25, -0.2) is 9.78 Å². The van der Waals surface area contributed by atoms with E-state index in [1.165, 1.54) is 12.0 Å². The number of pyridine rings is 1. The Hall–Kier alpha value is -4.34. The second kappa shape index (κ2) is 12.0. The molecule has 44 heavy (non-hydrogen) atoms. The number of ether oxygens (including phenoxy) is 2. The number of anilines is 1. The number of amides is 2. The number of allylic oxidation sites excluding steroid dienone is 2. The average Bonchev–Trinajstić information content (AvgIpc) is 3.31. The van der Waals surface area contributed by atoms with Gasteiger partial charge in [0.15, 0.2) is 12.4 Å². The molecule has 0 radical (unpaired) electrons. The molecule has 6 rings (SSSR count). The van der Waals surface area contributed by atoms with Crippen LogP contribution in [0.3, 0.4) is 0 Å². The molecular formula is C34H26BrClN2O6. The van der Waals surface area contributed by atoms with E-state index in [0.29, 0.717) is 67.1 Å². The van der Waals surface area contributed by atoms with Crippen molar-refractivity contribution >= 4 is 67.7 Å². The van der Waals surface area contributed by atoms with Crippen LogP contribution in [0.15, 0.2) is 77.3 Å². The zero-order valence-corrected chi connectivity index (χ0v) is 26.1. The van der Waals surface area contributed by atoms with Crippen molar-refractivity contribution in [1.29, 1.82) is 0 Å². The smallest absolute Gasteiger partial charge is 0.339 e. The molecule has 2 aliphatic rings. The number of aryl methyl sites for hydroxylation is 1. The number of ketones is 1. The number of methoxy groups -OCH3 is 1. The number of carbonyl (C=O) groups excluding carboxylic acids is 4. The first-order chi connectivity index (χ1) is 21.2. The Morgan fingerprint density at radius 1 is 0.977 bits per heavy atom. The van der Waals surface area contributed by atoms with Crippen molar-refractivity contribution in [1.82, 2.24) is 4.98 Å². The minimum absolute atomic E-state index is 0.189. The number of hydrogen-bond acceptors (Lipinski definition) is 7. The molecule has 222 valence electrons. The number of halogens is 2. The molecule has 4 aromatic rings. The predicted octanol–water partition coefficient (Wildman–Crippen LogP) is 7.13. The number of aromatic nitrogens is 1. The van der Waals surface area contributed by atoms with E-state index in [1.54, 1.807) is 67.6 Å². The van der Waals surface area contributed by atoms with Gasteiger partial charge < -0.3 is 9.47 Å². The fraction of sp³-hybridized carbons (Fsp3) is 0.206. The zero-order valence-electron chi connectivity index (χ0n) is 23.8. The summed E-state index contributed by atoms with van der Waals surface area (Å²) in [5.41, 5.74) is 3.33. The highest BCUT2D eigenvalue weighted by Gasteiger charge is 2.47. The topological polar surface area (TPSA) is 103 Å². The Balaban J connectivity index is 1.31. The lowest BCUT2D eigenvalue weighted by atomic mass is 9.85. The Bertz CT molecular complexity index is 1840. The van der Waals surface area contributed by atoms with E-state index in [-0.39, 0.29) is 35.0 Å². The fourth-order valence-electron chi connectivity index (χ4n) is 5.68. The van der Waals surface area contributed by atoms with Crippen LogP contribution >= 0.6 is 27.5 Å². The third-order valence-corrected chi connectivity index (χ3v) is 9.46. The van der Waals surface area contributed by atoms with Crippen molar-refractivity contribution in [3.8, 4) is 17.0 Å². The van der Waals surface area contributed by atoms with E-state index in [0.717, 1.165) is 0 Å². The first-order valence-corrected chi connectivity index (χ1v) is 15.1. The molecule has 1 aliphatic carbocycles. The van der Waals surface area contributed by atoms with Crippen LogP contribution in [0.25, 0.3) is 22.2 Å². The van der Waals surface area contributed by atoms with Crippen LogP contribution in [-0.4, -0.2) is 42.3 Å². The van der Waals surface area contributed by atoms with Crippen LogP contribution in [0.1, 0.15) is 39.1 Å². The first-order valence-electron chi connectivity index (χ1n) is 13.9. The molecule has 10 heteroatoms. The second-order valence-corrected chi connectivity index (χ2v) is 11.9. The van der Waals surface area contributed by atoms with Crippen LogP contribution in [-0.2, 0) is 14.3 Å². The molecule has 8 nitrogen and oxygen atoms in total. The minimum Gasteiger partial charge on any atom is -0.497 e. The van der Waals surface area contributed by atoms with Crippen molar-refractivity contribution in [3.05, 3.63) is 99.0 Å². The van der Waals surface area contributed by atoms with Crippen LogP contribution in [0.4, 0.5) is 5.69 Å². The highest BCUT2D eigenvalue weighted by Crippen LogP contribution is 2.39. The number of nitrogens with zero attached hydrogens (tertiary/aromatic N) is 2. The van der Waals surface area contributed by atoms with E-state index < -0.39 is 12.6 Å². The van der Waals surface area contributed by atoms with Crippen molar-refractivity contribution < 1.29 is 28.7 Å². The highest BCUT2D eigenvalue weighted by molar-refractivity contribution is 9.10. The van der Waals surface area contributed by atoms with Gasteiger partial charge in [0, 0.05) is 21.0 Å². The Kier molecular flexibility index (Phi) is 8.09. The molecule has 0 bridgehead atoms. The van der Waals surface area contributed by atoms with Gasteiger partial charge in [-0.2, -0.15) is 0 Å². The number of fused-ring (bicyclic) bond motifs is 2. The Morgan fingerprint density at radius 3 is 2.23 bits per heavy atom. The second-order valence-electron chi connectivity index (χ2n) is 10.7. The van der Waals surface area contributed by atoms with Crippen molar-refractivity contribution in [2.75, 3.05) is 18.6 Å². The summed E-state index contributed by atoms with van der Waals surface area (Å²) in [6.45, 7) is 1.35. The monoisotopic (exact) mass is 672 g/mol. The molecule has 2 heterocycles. The maximum atomic E-state index is 13.5. The number of imide groups is 1. The zero-order chi connectivity index (χ0) is 31.1. The maximum Gasteiger partial charge on any atom is 0.339 e. The molecule has 1 aromatic heterocycles. The summed E-state index contributed by atoms with van der Waals surface area (Å²) in [5, 5.41) is 0.957. The van der Waals surface area contributed by atoms with Crippen LogP contribution < -0.4 is 9.64 Å². The van der Waals surface area contributed by atoms with Gasteiger partial charge in [-0.15, -0.1) is 0 Å². The van der Waals surface area contributed by atoms with E-state index in [9.17, 15) is 19.2 Å². The van der Waals surface area contributed by atoms with E-state index >= 15 is 0 Å². The largest absolute Gasteiger partial charge is 0.497 e. The van der Waals surface area contributed by atoms with E-state index in [2.05, 4.69) is 15.9 Å². The summed E-state index contributed by atoms with van der Waals surface area (Å²) >= 11 is 9.97. The van der Waals surface area contributed by atoms with Gasteiger partial charge in [0.2, 0.25) is 11.8 Å². The predicted molar refractivity (Wildman–Crippen MR) is 170 cm³/mol. The number of Topliss-reactive ketones (excluding diaryl/α,β-unsaturated/α-hetero) is 1. The molecule has 0 spiro atoms. The summed E-state index contributed by atoms with van der Waals surface area (Å²) < 4.78 is 11.2. The molecule has 0 saturated carbocycles. The van der Waals surface area contributed by atoms with Crippen LogP contribution in [0.2, 0.25) is 5.02 Å². The van der Waals surface area contributed by atoms with Crippen LogP contribution in [0, 0.1) is 18.8 Å². The molecule has 1 fully saturated rings. The van der Waals surface area contributed by atoms with Gasteiger partial charge in [0.25, 0.3) is 0 Å². The lowest BCUT2D eigenvalue weighted by molar-refractivity contribution is -0.122. The summed E-state index contributed by atoms with van der Waals surface area (Å²) in [4.78, 5) is 58.4. The SMILES string of the molecule is COc1ccc(C(=O)COC(=O)c2cc(-c3ccc(N4C(=O)C5CC=CCC5C4=O)cc3)nc3c(C)c(Cl)c(Br)cc23)cc1. The maximum absolute atomic E-state index is 13.5. The highest BCUT2D eigenvalue weighted by atomic mass is 79.9. The van der Waals surface area contributed by atoms with Crippen molar-refractivity contribution in [2.45, 2.75) is 19.8 Å². The van der Waals surface area contributed by atoms with Gasteiger partial charge in [0.05, 0.1) is 46.4 Å². The quantitative estimate of drug-likeness (QED) is 0.0890. The molecule has 1 aliphatic heterocycles. The molecule has 0 N–H and O–H groups in total. The number of hydrogen-bond donors (Lipinski definition) is 0.